The summed E-state index contributed by atoms with van der Waals surface area (Å²) in [4.78, 5) is 0. The summed E-state index contributed by atoms with van der Waals surface area (Å²) in [5, 5.41) is 14.0. The molecule has 3 rings (SSSR count). The van der Waals surface area contributed by atoms with E-state index in [4.69, 9.17) is 4.74 Å². The normalized spacial score (nSPS) is 33.5. The molecule has 3 nitrogen and oxygen atoms in total. The predicted molar refractivity (Wildman–Crippen MR) is 71.5 cm³/mol. The quantitative estimate of drug-likeness (QED) is 0.877. The van der Waals surface area contributed by atoms with Crippen LogP contribution in [0.2, 0.25) is 0 Å². The number of hydrogen-bond acceptors (Lipinski definition) is 3. The number of aliphatic hydroxyl groups is 1. The minimum Gasteiger partial charge on any atom is -0.385 e. The average molecular weight is 283 g/mol. The maximum absolute atomic E-state index is 13.3. The van der Waals surface area contributed by atoms with Crippen LogP contribution in [-0.2, 0) is 4.74 Å². The molecule has 1 aromatic carbocycles. The Bertz CT molecular complexity index is 495. The van der Waals surface area contributed by atoms with Crippen molar-refractivity contribution in [3.8, 4) is 0 Å². The van der Waals surface area contributed by atoms with Crippen LogP contribution >= 0.6 is 0 Å². The Labute approximate surface area is 116 Å². The maximum Gasteiger partial charge on any atom is 0.160 e. The Hall–Kier alpha value is -1.20. The highest BCUT2D eigenvalue weighted by molar-refractivity contribution is 5.45. The number of anilines is 1. The summed E-state index contributed by atoms with van der Waals surface area (Å²) in [6.07, 6.45) is 3.67. The monoisotopic (exact) mass is 283 g/mol. The van der Waals surface area contributed by atoms with Gasteiger partial charge in [-0.25, -0.2) is 8.78 Å². The summed E-state index contributed by atoms with van der Waals surface area (Å²) in [7, 11) is 0. The molecule has 2 fully saturated rings. The molecule has 0 spiro atoms. The first kappa shape index (κ1) is 13.8. The predicted octanol–water partition coefficient (Wildman–Crippen LogP) is 2.70. The van der Waals surface area contributed by atoms with Crippen molar-refractivity contribution in [1.82, 2.24) is 0 Å². The van der Waals surface area contributed by atoms with E-state index in [1.807, 2.05) is 0 Å². The Morgan fingerprint density at radius 2 is 2.05 bits per heavy atom. The van der Waals surface area contributed by atoms with Crippen LogP contribution < -0.4 is 5.32 Å². The zero-order valence-electron chi connectivity index (χ0n) is 11.2. The number of ether oxygens (including phenoxy) is 1. The zero-order chi connectivity index (χ0) is 14.2. The first-order valence-corrected chi connectivity index (χ1v) is 7.11. The van der Waals surface area contributed by atoms with Crippen LogP contribution in [-0.4, -0.2) is 30.0 Å². The van der Waals surface area contributed by atoms with Crippen molar-refractivity contribution in [2.24, 2.45) is 5.92 Å². The lowest BCUT2D eigenvalue weighted by molar-refractivity contribution is -0.148. The molecular formula is C15H19F2NO2. The molecule has 1 saturated heterocycles. The summed E-state index contributed by atoms with van der Waals surface area (Å²) in [6.45, 7) is 0.990. The van der Waals surface area contributed by atoms with Gasteiger partial charge in [0.25, 0.3) is 0 Å². The molecule has 0 amide bonds. The van der Waals surface area contributed by atoms with Crippen molar-refractivity contribution < 1.29 is 18.6 Å². The maximum atomic E-state index is 13.3. The molecule has 0 radical (unpaired) electrons. The van der Waals surface area contributed by atoms with E-state index in [-0.39, 0.29) is 12.0 Å². The highest BCUT2D eigenvalue weighted by Crippen LogP contribution is 2.40. The Balaban J connectivity index is 1.79. The van der Waals surface area contributed by atoms with Gasteiger partial charge in [-0.1, -0.05) is 6.42 Å². The molecule has 2 N–H and O–H groups in total. The minimum atomic E-state index is -0.915. The van der Waals surface area contributed by atoms with Gasteiger partial charge >= 0.3 is 0 Å². The summed E-state index contributed by atoms with van der Waals surface area (Å²) in [6, 6.07) is 3.53. The SMILES string of the molecule is O[C@]12COCC[C@H]1CCC[C@H]2Nc1ccc(F)c(F)c1. The lowest BCUT2D eigenvalue weighted by atomic mass is 9.70. The van der Waals surface area contributed by atoms with E-state index < -0.39 is 17.2 Å². The summed E-state index contributed by atoms with van der Waals surface area (Å²) >= 11 is 0. The van der Waals surface area contributed by atoms with Crippen LogP contribution in [0.3, 0.4) is 0 Å². The third-order valence-corrected chi connectivity index (χ3v) is 4.56. The highest BCUT2D eigenvalue weighted by Gasteiger charge is 2.48. The first-order chi connectivity index (χ1) is 9.59. The third-order valence-electron chi connectivity index (χ3n) is 4.56. The molecule has 1 aliphatic carbocycles. The van der Waals surface area contributed by atoms with Gasteiger partial charge in [0, 0.05) is 18.4 Å². The summed E-state index contributed by atoms with van der Waals surface area (Å²) in [5.74, 6) is -1.53. The van der Waals surface area contributed by atoms with Gasteiger partial charge in [-0.3, -0.25) is 0 Å². The van der Waals surface area contributed by atoms with Crippen molar-refractivity contribution in [3.05, 3.63) is 29.8 Å². The van der Waals surface area contributed by atoms with E-state index in [0.717, 1.165) is 37.8 Å². The minimum absolute atomic E-state index is 0.189. The van der Waals surface area contributed by atoms with Crippen LogP contribution in [0, 0.1) is 17.6 Å². The van der Waals surface area contributed by atoms with Gasteiger partial charge in [0.1, 0.15) is 5.60 Å². The standard InChI is InChI=1S/C15H19F2NO2/c16-12-5-4-11(8-13(12)17)18-14-3-1-2-10-6-7-20-9-15(10,14)19/h4-5,8,10,14,18-19H,1-3,6-7,9H2/t10-,14-,15-/m1/s1. The number of rotatable bonds is 2. The molecule has 2 aliphatic rings. The molecule has 1 heterocycles. The van der Waals surface area contributed by atoms with E-state index in [0.29, 0.717) is 18.9 Å². The second-order valence-electron chi connectivity index (χ2n) is 5.79. The fourth-order valence-corrected chi connectivity index (χ4v) is 3.41. The van der Waals surface area contributed by atoms with Gasteiger partial charge < -0.3 is 15.2 Å². The summed E-state index contributed by atoms with van der Waals surface area (Å²) in [5.41, 5.74) is -0.421. The smallest absolute Gasteiger partial charge is 0.160 e. The van der Waals surface area contributed by atoms with E-state index in [9.17, 15) is 13.9 Å². The Kier molecular flexibility index (Phi) is 3.65. The second-order valence-corrected chi connectivity index (χ2v) is 5.79. The fourth-order valence-electron chi connectivity index (χ4n) is 3.41. The molecule has 0 bridgehead atoms. The van der Waals surface area contributed by atoms with Crippen LogP contribution in [0.15, 0.2) is 18.2 Å². The van der Waals surface area contributed by atoms with Crippen LogP contribution in [0.1, 0.15) is 25.7 Å². The molecule has 1 saturated carbocycles. The molecule has 5 heteroatoms. The van der Waals surface area contributed by atoms with E-state index >= 15 is 0 Å². The zero-order valence-corrected chi connectivity index (χ0v) is 11.2. The van der Waals surface area contributed by atoms with Crippen LogP contribution in [0.25, 0.3) is 0 Å². The van der Waals surface area contributed by atoms with Gasteiger partial charge in [0.15, 0.2) is 11.6 Å². The van der Waals surface area contributed by atoms with Crippen molar-refractivity contribution >= 4 is 5.69 Å². The van der Waals surface area contributed by atoms with E-state index in [1.165, 1.54) is 6.07 Å². The largest absolute Gasteiger partial charge is 0.385 e. The Morgan fingerprint density at radius 3 is 2.85 bits per heavy atom. The van der Waals surface area contributed by atoms with Gasteiger partial charge in [0.05, 0.1) is 12.6 Å². The topological polar surface area (TPSA) is 41.5 Å². The first-order valence-electron chi connectivity index (χ1n) is 7.11. The lowest BCUT2D eigenvalue weighted by Gasteiger charge is -2.48. The molecule has 3 atom stereocenters. The molecule has 1 aromatic rings. The lowest BCUT2D eigenvalue weighted by Crippen LogP contribution is -2.60. The van der Waals surface area contributed by atoms with Crippen molar-refractivity contribution in [1.29, 1.82) is 0 Å². The summed E-state index contributed by atoms with van der Waals surface area (Å²) < 4.78 is 31.6. The fraction of sp³-hybridized carbons (Fsp3) is 0.600. The molecule has 0 aromatic heterocycles. The number of nitrogens with one attached hydrogen (secondary N) is 1. The van der Waals surface area contributed by atoms with Crippen LogP contribution in [0.4, 0.5) is 14.5 Å². The molecule has 110 valence electrons. The van der Waals surface area contributed by atoms with E-state index in [1.54, 1.807) is 0 Å². The molecule has 20 heavy (non-hydrogen) atoms. The highest BCUT2D eigenvalue weighted by atomic mass is 19.2. The van der Waals surface area contributed by atoms with Crippen LogP contribution in [0.5, 0.6) is 0 Å². The molecule has 0 unspecified atom stereocenters. The van der Waals surface area contributed by atoms with Gasteiger partial charge in [-0.2, -0.15) is 0 Å². The van der Waals surface area contributed by atoms with Crippen molar-refractivity contribution in [2.75, 3.05) is 18.5 Å². The molecule has 1 aliphatic heterocycles. The third kappa shape index (κ3) is 2.40. The number of halogens is 2. The van der Waals surface area contributed by atoms with Gasteiger partial charge in [-0.15, -0.1) is 0 Å². The number of hydrogen-bond donors (Lipinski definition) is 2. The van der Waals surface area contributed by atoms with Gasteiger partial charge in [0.2, 0.25) is 0 Å². The number of fused-ring (bicyclic) bond motifs is 1. The van der Waals surface area contributed by atoms with E-state index in [2.05, 4.69) is 5.32 Å². The average Bonchev–Trinajstić information content (AvgIpc) is 2.43. The van der Waals surface area contributed by atoms with Crippen molar-refractivity contribution in [3.63, 3.8) is 0 Å². The Morgan fingerprint density at radius 1 is 1.20 bits per heavy atom. The van der Waals surface area contributed by atoms with Crippen molar-refractivity contribution in [2.45, 2.75) is 37.3 Å². The van der Waals surface area contributed by atoms with Gasteiger partial charge in [-0.05, 0) is 37.3 Å². The number of benzene rings is 1. The molecular weight excluding hydrogens is 264 g/mol. The second kappa shape index (κ2) is 5.30.